The van der Waals surface area contributed by atoms with Gasteiger partial charge in [0.05, 0.1) is 13.2 Å². The third-order valence-electron chi connectivity index (χ3n) is 5.29. The Kier molecular flexibility index (Phi) is 6.29. The number of aromatic hydroxyl groups is 1. The summed E-state index contributed by atoms with van der Waals surface area (Å²) in [6, 6.07) is 8.49. The lowest BCUT2D eigenvalue weighted by Gasteiger charge is -2.27. The fourth-order valence-corrected chi connectivity index (χ4v) is 3.57. The Bertz CT molecular complexity index is 981. The summed E-state index contributed by atoms with van der Waals surface area (Å²) in [6.07, 6.45) is 1.92. The van der Waals surface area contributed by atoms with Gasteiger partial charge in [-0.3, -0.25) is 9.47 Å². The summed E-state index contributed by atoms with van der Waals surface area (Å²) in [7, 11) is 0. The third-order valence-corrected chi connectivity index (χ3v) is 5.29. The number of ether oxygens (including phenoxy) is 1. The lowest BCUT2D eigenvalue weighted by Crippen LogP contribution is -2.42. The molecule has 0 atom stereocenters. The smallest absolute Gasteiger partial charge is 0.320 e. The fraction of sp³-hybridized carbons (Fsp3) is 0.476. The van der Waals surface area contributed by atoms with Crippen LogP contribution in [0.4, 0.5) is 5.82 Å². The van der Waals surface area contributed by atoms with Crippen molar-refractivity contribution in [2.75, 3.05) is 38.5 Å². The minimum Gasteiger partial charge on any atom is -0.480 e. The number of rotatable bonds is 8. The number of anilines is 1. The topological polar surface area (TPSA) is 114 Å². The second-order valence-electron chi connectivity index (χ2n) is 7.61. The second kappa shape index (κ2) is 9.27. The van der Waals surface area contributed by atoms with Crippen LogP contribution in [0.25, 0.3) is 11.2 Å². The van der Waals surface area contributed by atoms with Crippen molar-refractivity contribution < 1.29 is 9.84 Å². The van der Waals surface area contributed by atoms with Crippen molar-refractivity contribution in [2.45, 2.75) is 32.9 Å². The molecule has 0 aliphatic carbocycles. The number of fused-ring (bicyclic) bond motifs is 1. The highest BCUT2D eigenvalue weighted by molar-refractivity contribution is 5.83. The Morgan fingerprint density at radius 1 is 1.07 bits per heavy atom. The Morgan fingerprint density at radius 2 is 1.77 bits per heavy atom. The zero-order valence-electron chi connectivity index (χ0n) is 17.3. The highest BCUT2D eigenvalue weighted by Gasteiger charge is 2.17. The number of hydrogen-bond donors (Lipinski definition) is 3. The summed E-state index contributed by atoms with van der Waals surface area (Å²) in [5.41, 5.74) is 9.19. The highest BCUT2D eigenvalue weighted by Crippen LogP contribution is 2.26. The third kappa shape index (κ3) is 4.63. The molecule has 1 aliphatic rings. The van der Waals surface area contributed by atoms with Crippen LogP contribution in [0, 0.1) is 0 Å². The number of nitrogens with two attached hydrogens (primary N) is 1. The van der Waals surface area contributed by atoms with Crippen molar-refractivity contribution in [1.29, 1.82) is 0 Å². The predicted molar refractivity (Wildman–Crippen MR) is 115 cm³/mol. The molecule has 0 unspecified atom stereocenters. The predicted octanol–water partition coefficient (Wildman–Crippen LogP) is 1.75. The molecule has 1 aromatic carbocycles. The fourth-order valence-electron chi connectivity index (χ4n) is 3.57. The molecule has 30 heavy (non-hydrogen) atoms. The van der Waals surface area contributed by atoms with E-state index in [1.807, 2.05) is 0 Å². The molecule has 4 N–H and O–H groups in total. The van der Waals surface area contributed by atoms with Gasteiger partial charge in [-0.05, 0) is 17.5 Å². The van der Waals surface area contributed by atoms with E-state index in [2.05, 4.69) is 56.4 Å². The van der Waals surface area contributed by atoms with E-state index in [9.17, 15) is 5.11 Å². The van der Waals surface area contributed by atoms with Crippen LogP contribution in [0.15, 0.2) is 24.3 Å². The van der Waals surface area contributed by atoms with Crippen LogP contribution < -0.4 is 15.8 Å². The number of hydrogen-bond acceptors (Lipinski definition) is 8. The Hall–Kier alpha value is -2.91. The standard InChI is InChI=1S/C21H29N7O2/c1-2-3-12-30-20-25-18(22)17-19(26-20)28(21(29)24-17)14-16-6-4-15(5-7-16)13-27-10-8-23-9-11-27/h4-7,23H,2-3,8-14H2,1H3,(H,24,29)(H2,22,25,26). The van der Waals surface area contributed by atoms with Crippen molar-refractivity contribution in [3.63, 3.8) is 0 Å². The van der Waals surface area contributed by atoms with Gasteiger partial charge in [0.1, 0.15) is 0 Å². The number of nitrogens with one attached hydrogen (secondary N) is 1. The van der Waals surface area contributed by atoms with Crippen molar-refractivity contribution in [2.24, 2.45) is 0 Å². The number of piperazine rings is 1. The van der Waals surface area contributed by atoms with Gasteiger partial charge < -0.3 is 20.9 Å². The van der Waals surface area contributed by atoms with Crippen molar-refractivity contribution in [3.05, 3.63) is 35.4 Å². The van der Waals surface area contributed by atoms with Crippen molar-refractivity contribution in [3.8, 4) is 12.0 Å². The van der Waals surface area contributed by atoms with Gasteiger partial charge in [0, 0.05) is 32.7 Å². The van der Waals surface area contributed by atoms with Crippen LogP contribution in [-0.4, -0.2) is 62.3 Å². The zero-order valence-corrected chi connectivity index (χ0v) is 17.3. The Balaban J connectivity index is 1.51. The van der Waals surface area contributed by atoms with E-state index in [4.69, 9.17) is 10.5 Å². The molecular weight excluding hydrogens is 382 g/mol. The monoisotopic (exact) mass is 411 g/mol. The molecule has 3 heterocycles. The molecule has 9 heteroatoms. The minimum absolute atomic E-state index is 0.137. The molecule has 9 nitrogen and oxygen atoms in total. The first kappa shape index (κ1) is 20.4. The summed E-state index contributed by atoms with van der Waals surface area (Å²) in [6.45, 7) is 8.21. The maximum absolute atomic E-state index is 10.4. The second-order valence-corrected chi connectivity index (χ2v) is 7.61. The zero-order chi connectivity index (χ0) is 20.9. The largest absolute Gasteiger partial charge is 0.480 e. The average molecular weight is 412 g/mol. The van der Waals surface area contributed by atoms with E-state index in [1.165, 1.54) is 5.56 Å². The SMILES string of the molecule is CCCCOc1nc(N)c2nc(O)n(Cc3ccc(CN4CCNCC4)cc3)c2n1. The lowest BCUT2D eigenvalue weighted by atomic mass is 10.1. The van der Waals surface area contributed by atoms with Gasteiger partial charge in [-0.15, -0.1) is 0 Å². The molecule has 2 aromatic heterocycles. The molecule has 1 fully saturated rings. The number of imidazole rings is 1. The van der Waals surface area contributed by atoms with Crippen LogP contribution in [0.5, 0.6) is 12.0 Å². The Labute approximate surface area is 175 Å². The van der Waals surface area contributed by atoms with Crippen LogP contribution in [0.2, 0.25) is 0 Å². The summed E-state index contributed by atoms with van der Waals surface area (Å²) in [5.74, 6) is 0.201. The molecule has 3 aromatic rings. The van der Waals surface area contributed by atoms with Gasteiger partial charge in [0.2, 0.25) is 0 Å². The van der Waals surface area contributed by atoms with Crippen LogP contribution in [0.1, 0.15) is 30.9 Å². The first-order valence-corrected chi connectivity index (χ1v) is 10.5. The Morgan fingerprint density at radius 3 is 2.47 bits per heavy atom. The molecule has 0 spiro atoms. The molecule has 1 saturated heterocycles. The highest BCUT2D eigenvalue weighted by atomic mass is 16.5. The van der Waals surface area contributed by atoms with Gasteiger partial charge in [-0.25, -0.2) is 0 Å². The summed E-state index contributed by atoms with van der Waals surface area (Å²) in [5, 5.41) is 13.7. The maximum Gasteiger partial charge on any atom is 0.320 e. The van der Waals surface area contributed by atoms with Gasteiger partial charge in [-0.1, -0.05) is 37.6 Å². The van der Waals surface area contributed by atoms with Gasteiger partial charge in [-0.2, -0.15) is 15.0 Å². The summed E-state index contributed by atoms with van der Waals surface area (Å²) < 4.78 is 7.23. The molecule has 0 radical (unpaired) electrons. The maximum atomic E-state index is 10.4. The van der Waals surface area contributed by atoms with Crippen LogP contribution in [0.3, 0.4) is 0 Å². The molecule has 1 aliphatic heterocycles. The van der Waals surface area contributed by atoms with E-state index in [0.29, 0.717) is 24.3 Å². The normalized spacial score (nSPS) is 15.0. The van der Waals surface area contributed by atoms with Gasteiger partial charge in [0.15, 0.2) is 17.0 Å². The van der Waals surface area contributed by atoms with E-state index in [1.54, 1.807) is 4.57 Å². The number of benzene rings is 1. The van der Waals surface area contributed by atoms with Crippen molar-refractivity contribution in [1.82, 2.24) is 29.7 Å². The number of nitrogens with zero attached hydrogens (tertiary/aromatic N) is 5. The average Bonchev–Trinajstić information content (AvgIpc) is 3.06. The minimum atomic E-state index is -0.137. The molecule has 4 rings (SSSR count). The molecule has 0 saturated carbocycles. The van der Waals surface area contributed by atoms with Gasteiger partial charge in [0.25, 0.3) is 6.01 Å². The van der Waals surface area contributed by atoms with E-state index < -0.39 is 0 Å². The van der Waals surface area contributed by atoms with E-state index in [-0.39, 0.29) is 17.8 Å². The molecule has 0 bridgehead atoms. The van der Waals surface area contributed by atoms with Crippen molar-refractivity contribution >= 4 is 17.0 Å². The first-order chi connectivity index (χ1) is 14.6. The van der Waals surface area contributed by atoms with E-state index in [0.717, 1.165) is 51.1 Å². The molecule has 0 amide bonds. The number of nitrogen functional groups attached to an aromatic ring is 1. The number of unbranched alkanes of at least 4 members (excludes halogenated alkanes) is 1. The number of aromatic nitrogens is 4. The quantitative estimate of drug-likeness (QED) is 0.480. The van der Waals surface area contributed by atoms with E-state index >= 15 is 0 Å². The van der Waals surface area contributed by atoms with Crippen LogP contribution in [-0.2, 0) is 13.1 Å². The summed E-state index contributed by atoms with van der Waals surface area (Å²) >= 11 is 0. The lowest BCUT2D eigenvalue weighted by molar-refractivity contribution is 0.233. The van der Waals surface area contributed by atoms with Gasteiger partial charge >= 0.3 is 6.01 Å². The first-order valence-electron chi connectivity index (χ1n) is 10.5. The van der Waals surface area contributed by atoms with Crippen LogP contribution >= 0.6 is 0 Å². The molecular formula is C21H29N7O2. The summed E-state index contributed by atoms with van der Waals surface area (Å²) in [4.78, 5) is 15.2. The molecule has 160 valence electrons.